The fraction of sp³-hybridized carbons (Fsp3) is 0.531. The molecule has 0 bridgehead atoms. The second-order valence-electron chi connectivity index (χ2n) is 12.9. The van der Waals surface area contributed by atoms with Crippen LogP contribution in [-0.2, 0) is 29.7 Å². The Morgan fingerprint density at radius 2 is 1.49 bits per heavy atom. The molecule has 1 unspecified atom stereocenters. The Morgan fingerprint density at radius 3 is 2.02 bits per heavy atom. The lowest BCUT2D eigenvalue weighted by molar-refractivity contribution is -0.133. The standard InChI is InChI=1S/C32H45N4O8P/c1-22(29(37)34-15-17-35(18-16-34)30(38)23-13-11-10-12-14-23)24-20-36(27-26(24)25(40-8)19-33-28(27)41-9)21-42-45(39,43-31(2,3)4)44-32(5,6)7/h10-14,19-20,22H,15-18,21H2,1-9H3. The third kappa shape index (κ3) is 8.24. The first-order valence-electron chi connectivity index (χ1n) is 14.9. The normalized spacial score (nSPS) is 15.3. The summed E-state index contributed by atoms with van der Waals surface area (Å²) in [4.78, 5) is 34.8. The van der Waals surface area contributed by atoms with Gasteiger partial charge in [-0.3, -0.25) is 23.2 Å². The van der Waals surface area contributed by atoms with Crippen molar-refractivity contribution in [3.8, 4) is 11.6 Å². The van der Waals surface area contributed by atoms with Gasteiger partial charge in [0.25, 0.3) is 5.91 Å². The summed E-state index contributed by atoms with van der Waals surface area (Å²) in [5.41, 5.74) is 0.152. The number of hydrogen-bond donors (Lipinski definition) is 0. The van der Waals surface area contributed by atoms with Gasteiger partial charge in [0, 0.05) is 37.9 Å². The van der Waals surface area contributed by atoms with Crippen molar-refractivity contribution < 1.29 is 37.2 Å². The van der Waals surface area contributed by atoms with E-state index >= 15 is 0 Å². The summed E-state index contributed by atoms with van der Waals surface area (Å²) < 4.78 is 44.3. The molecule has 3 heterocycles. The summed E-state index contributed by atoms with van der Waals surface area (Å²) >= 11 is 0. The summed E-state index contributed by atoms with van der Waals surface area (Å²) in [6.07, 6.45) is 3.30. The molecule has 246 valence electrons. The number of phosphoric ester groups is 1. The van der Waals surface area contributed by atoms with E-state index < -0.39 is 24.9 Å². The van der Waals surface area contributed by atoms with Gasteiger partial charge in [0.05, 0.1) is 42.9 Å². The van der Waals surface area contributed by atoms with Crippen LogP contribution in [0.1, 0.15) is 70.3 Å². The molecule has 4 rings (SSSR count). The van der Waals surface area contributed by atoms with E-state index in [9.17, 15) is 14.2 Å². The maximum absolute atomic E-state index is 13.9. The first-order valence-corrected chi connectivity index (χ1v) is 16.4. The highest BCUT2D eigenvalue weighted by Gasteiger charge is 2.38. The molecule has 1 fully saturated rings. The predicted molar refractivity (Wildman–Crippen MR) is 171 cm³/mol. The summed E-state index contributed by atoms with van der Waals surface area (Å²) in [6, 6.07) is 9.13. The fourth-order valence-electron chi connectivity index (χ4n) is 5.22. The molecule has 2 aromatic heterocycles. The Labute approximate surface area is 265 Å². The van der Waals surface area contributed by atoms with Crippen molar-refractivity contribution in [1.82, 2.24) is 19.4 Å². The monoisotopic (exact) mass is 644 g/mol. The van der Waals surface area contributed by atoms with Gasteiger partial charge in [-0.25, -0.2) is 9.55 Å². The Kier molecular flexibility index (Phi) is 10.3. The summed E-state index contributed by atoms with van der Waals surface area (Å²) in [7, 11) is -1.04. The van der Waals surface area contributed by atoms with E-state index in [4.69, 9.17) is 23.0 Å². The minimum atomic E-state index is -4.06. The topological polar surface area (TPSA) is 122 Å². The predicted octanol–water partition coefficient (Wildman–Crippen LogP) is 5.85. The van der Waals surface area contributed by atoms with Crippen LogP contribution in [0.5, 0.6) is 11.6 Å². The molecule has 0 radical (unpaired) electrons. The number of piperazine rings is 1. The number of ether oxygens (including phenoxy) is 2. The van der Waals surface area contributed by atoms with Gasteiger partial charge >= 0.3 is 7.82 Å². The van der Waals surface area contributed by atoms with Crippen LogP contribution in [0.3, 0.4) is 0 Å². The number of nitrogens with zero attached hydrogens (tertiary/aromatic N) is 4. The van der Waals surface area contributed by atoms with E-state index in [1.807, 2.05) is 25.1 Å². The number of aromatic nitrogens is 2. The first-order chi connectivity index (χ1) is 21.1. The zero-order valence-electron chi connectivity index (χ0n) is 27.7. The molecule has 1 aliphatic heterocycles. The number of methoxy groups -OCH3 is 2. The van der Waals surface area contributed by atoms with E-state index in [1.165, 1.54) is 20.4 Å². The van der Waals surface area contributed by atoms with Crippen LogP contribution in [-0.4, -0.2) is 82.8 Å². The molecule has 0 aliphatic carbocycles. The van der Waals surface area contributed by atoms with Crippen LogP contribution >= 0.6 is 7.82 Å². The van der Waals surface area contributed by atoms with E-state index in [0.29, 0.717) is 54.0 Å². The maximum atomic E-state index is 13.9. The number of carbonyl (C=O) groups excluding carboxylic acids is 2. The third-order valence-electron chi connectivity index (χ3n) is 7.13. The summed E-state index contributed by atoms with van der Waals surface area (Å²) in [5.74, 6) is -0.0347. The number of fused-ring (bicyclic) bond motifs is 1. The van der Waals surface area contributed by atoms with Crippen molar-refractivity contribution in [2.45, 2.75) is 72.3 Å². The average Bonchev–Trinajstić information content (AvgIpc) is 3.37. The van der Waals surface area contributed by atoms with Gasteiger partial charge in [-0.2, -0.15) is 0 Å². The second kappa shape index (κ2) is 13.5. The van der Waals surface area contributed by atoms with Crippen LogP contribution in [0.4, 0.5) is 0 Å². The molecule has 0 spiro atoms. The van der Waals surface area contributed by atoms with Crippen molar-refractivity contribution >= 4 is 30.5 Å². The highest BCUT2D eigenvalue weighted by atomic mass is 31.2. The van der Waals surface area contributed by atoms with Gasteiger partial charge in [-0.05, 0) is 66.2 Å². The van der Waals surface area contributed by atoms with Crippen LogP contribution in [0.15, 0.2) is 42.7 Å². The molecular formula is C32H45N4O8P. The van der Waals surface area contributed by atoms with Crippen LogP contribution in [0.2, 0.25) is 0 Å². The molecule has 1 aliphatic rings. The second-order valence-corrected chi connectivity index (χ2v) is 14.4. The van der Waals surface area contributed by atoms with E-state index in [2.05, 4.69) is 4.98 Å². The number of benzene rings is 1. The quantitative estimate of drug-likeness (QED) is 0.250. The van der Waals surface area contributed by atoms with Crippen LogP contribution in [0.25, 0.3) is 10.9 Å². The number of rotatable bonds is 10. The zero-order valence-corrected chi connectivity index (χ0v) is 28.6. The summed E-state index contributed by atoms with van der Waals surface area (Å²) in [6.45, 7) is 13.8. The lowest BCUT2D eigenvalue weighted by Gasteiger charge is -2.36. The van der Waals surface area contributed by atoms with E-state index in [1.54, 1.807) is 74.2 Å². The SMILES string of the molecule is COc1cnc(OC)c2c1c(C(C)C(=O)N1CCN(C(=O)c3ccccc3)CC1)cn2COP(=O)(OC(C)(C)C)OC(C)(C)C. The molecule has 1 atom stereocenters. The minimum absolute atomic E-state index is 0.0497. The number of hydrogen-bond acceptors (Lipinski definition) is 9. The van der Waals surface area contributed by atoms with Crippen molar-refractivity contribution in [3.63, 3.8) is 0 Å². The van der Waals surface area contributed by atoms with Gasteiger partial charge in [-0.1, -0.05) is 18.2 Å². The summed E-state index contributed by atoms with van der Waals surface area (Å²) in [5, 5.41) is 0.620. The van der Waals surface area contributed by atoms with Gasteiger partial charge < -0.3 is 23.8 Å². The van der Waals surface area contributed by atoms with Crippen molar-refractivity contribution in [1.29, 1.82) is 0 Å². The molecule has 0 saturated carbocycles. The van der Waals surface area contributed by atoms with Crippen molar-refractivity contribution in [3.05, 3.63) is 53.9 Å². The lowest BCUT2D eigenvalue weighted by atomic mass is 9.98. The Hall–Kier alpha value is -3.44. The van der Waals surface area contributed by atoms with E-state index in [-0.39, 0.29) is 24.4 Å². The molecular weight excluding hydrogens is 599 g/mol. The van der Waals surface area contributed by atoms with Crippen molar-refractivity contribution in [2.75, 3.05) is 40.4 Å². The number of carbonyl (C=O) groups is 2. The maximum Gasteiger partial charge on any atom is 0.477 e. The van der Waals surface area contributed by atoms with Gasteiger partial charge in [0.1, 0.15) is 18.0 Å². The third-order valence-corrected chi connectivity index (χ3v) is 9.11. The molecule has 1 aromatic carbocycles. The van der Waals surface area contributed by atoms with Crippen molar-refractivity contribution in [2.24, 2.45) is 0 Å². The largest absolute Gasteiger partial charge is 0.494 e. The molecule has 3 aromatic rings. The molecule has 45 heavy (non-hydrogen) atoms. The lowest BCUT2D eigenvalue weighted by Crippen LogP contribution is -2.51. The molecule has 1 saturated heterocycles. The Morgan fingerprint density at radius 1 is 0.911 bits per heavy atom. The number of phosphoric acid groups is 1. The van der Waals surface area contributed by atoms with Crippen LogP contribution in [0, 0.1) is 0 Å². The van der Waals surface area contributed by atoms with Crippen LogP contribution < -0.4 is 9.47 Å². The average molecular weight is 645 g/mol. The molecule has 12 nitrogen and oxygen atoms in total. The van der Waals surface area contributed by atoms with E-state index in [0.717, 1.165) is 0 Å². The number of amides is 2. The minimum Gasteiger partial charge on any atom is -0.494 e. The zero-order chi connectivity index (χ0) is 33.2. The molecule has 13 heteroatoms. The van der Waals surface area contributed by atoms with Gasteiger partial charge in [-0.15, -0.1) is 0 Å². The highest BCUT2D eigenvalue weighted by molar-refractivity contribution is 7.48. The Balaban J connectivity index is 1.62. The van der Waals surface area contributed by atoms with Gasteiger partial charge in [0.2, 0.25) is 11.8 Å². The molecule has 2 amide bonds. The molecule has 0 N–H and O–H groups in total. The fourth-order valence-corrected chi connectivity index (χ4v) is 6.97. The van der Waals surface area contributed by atoms with Gasteiger partial charge in [0.15, 0.2) is 0 Å². The highest BCUT2D eigenvalue weighted by Crippen LogP contribution is 2.56. The Bertz CT molecular complexity index is 1530. The first kappa shape index (κ1) is 34.4. The smallest absolute Gasteiger partial charge is 0.477 e. The number of pyridine rings is 1.